The quantitative estimate of drug-likeness (QED) is 0.0974. The molecule has 0 bridgehead atoms. The van der Waals surface area contributed by atoms with Gasteiger partial charge in [-0.1, -0.05) is 75.5 Å². The van der Waals surface area contributed by atoms with Gasteiger partial charge >= 0.3 is 5.51 Å². The predicted octanol–water partition coefficient (Wildman–Crippen LogP) is 9.65. The Morgan fingerprint density at radius 2 is 1.57 bits per heavy atom. The van der Waals surface area contributed by atoms with E-state index in [2.05, 4.69) is 30.1 Å². The molecule has 3 rings (SSSR count). The lowest BCUT2D eigenvalue weighted by atomic mass is 9.77. The first kappa shape index (κ1) is 32.9. The van der Waals surface area contributed by atoms with Gasteiger partial charge in [0.05, 0.1) is 0 Å². The van der Waals surface area contributed by atoms with Crippen LogP contribution < -0.4 is 8.31 Å². The molecule has 0 spiro atoms. The van der Waals surface area contributed by atoms with Gasteiger partial charge in [0.15, 0.2) is 4.77 Å². The van der Waals surface area contributed by atoms with Gasteiger partial charge in [0.1, 0.15) is 17.8 Å². The van der Waals surface area contributed by atoms with E-state index in [0.29, 0.717) is 29.7 Å². The third-order valence-electron chi connectivity index (χ3n) is 7.38. The average Bonchev–Trinajstić information content (AvgIpc) is 2.91. The number of halogens is 4. The minimum atomic E-state index is -4.40. The van der Waals surface area contributed by atoms with Gasteiger partial charge in [-0.3, -0.25) is 0 Å². The number of benzene rings is 1. The maximum absolute atomic E-state index is 12.4. The molecule has 37 heavy (non-hydrogen) atoms. The van der Waals surface area contributed by atoms with E-state index in [4.69, 9.17) is 14.0 Å². The van der Waals surface area contributed by atoms with Crippen molar-refractivity contribution in [3.8, 4) is 5.75 Å². The maximum atomic E-state index is 12.4. The molecular formula is C26H41F4NO3S3. The van der Waals surface area contributed by atoms with Crippen LogP contribution in [0, 0.1) is 0 Å². The third-order valence-corrected chi connectivity index (χ3v) is 9.48. The molecular weight excluding hydrogens is 546 g/mol. The van der Waals surface area contributed by atoms with E-state index in [1.165, 1.54) is 68.1 Å². The second-order valence-electron chi connectivity index (χ2n) is 9.83. The monoisotopic (exact) mass is 587 g/mol. The van der Waals surface area contributed by atoms with Gasteiger partial charge < -0.3 is 9.29 Å². The molecule has 3 N–H and O–H groups in total. The molecule has 2 unspecified atom stereocenters. The molecule has 1 aromatic rings. The predicted molar refractivity (Wildman–Crippen MR) is 148 cm³/mol. The van der Waals surface area contributed by atoms with Crippen molar-refractivity contribution in [2.45, 2.75) is 125 Å². The normalized spacial score (nSPS) is 19.1. The van der Waals surface area contributed by atoms with E-state index >= 15 is 0 Å². The fourth-order valence-corrected chi connectivity index (χ4v) is 7.54. The lowest BCUT2D eigenvalue weighted by Crippen LogP contribution is -2.14. The van der Waals surface area contributed by atoms with Crippen LogP contribution in [0.1, 0.15) is 132 Å². The summed E-state index contributed by atoms with van der Waals surface area (Å²) < 4.78 is 53.0. The van der Waals surface area contributed by atoms with Gasteiger partial charge in [0.25, 0.3) is 0 Å². The van der Waals surface area contributed by atoms with E-state index in [9.17, 15) is 18.3 Å². The number of rotatable bonds is 12. The highest BCUT2D eigenvalue weighted by Gasteiger charge is 2.30. The summed E-state index contributed by atoms with van der Waals surface area (Å²) in [7, 11) is 0. The van der Waals surface area contributed by atoms with Crippen molar-refractivity contribution < 1.29 is 32.3 Å². The standard InChI is InChI=1S/C26H40F3NO2S3.FHO/c1-3-11-18(4-2)22-16-21(19-12-7-5-8-13-19)17-23(20-14-9-6-10-15-20)24(22)32-34-25(31)33-30-35-26(27,28)29;1-2/h16-20,25,30-31H,3-15H2,1-2H3;2H. The van der Waals surface area contributed by atoms with Crippen molar-refractivity contribution in [1.29, 1.82) is 0 Å². The Bertz CT molecular complexity index is 750. The van der Waals surface area contributed by atoms with Crippen LogP contribution in [-0.4, -0.2) is 20.7 Å². The summed E-state index contributed by atoms with van der Waals surface area (Å²) in [5.41, 5.74) is -0.492. The Kier molecular flexibility index (Phi) is 15.4. The van der Waals surface area contributed by atoms with Crippen LogP contribution in [0.4, 0.5) is 17.7 Å². The van der Waals surface area contributed by atoms with Crippen molar-refractivity contribution in [3.05, 3.63) is 28.8 Å². The molecule has 0 aromatic heterocycles. The number of aliphatic hydroxyl groups excluding tert-OH is 1. The highest BCUT2D eigenvalue weighted by molar-refractivity contribution is 8.20. The first-order valence-corrected chi connectivity index (χ1v) is 15.8. The fourth-order valence-electron chi connectivity index (χ4n) is 5.64. The van der Waals surface area contributed by atoms with Crippen LogP contribution in [0.5, 0.6) is 5.75 Å². The lowest BCUT2D eigenvalue weighted by Gasteiger charge is -2.30. The second-order valence-corrected chi connectivity index (χ2v) is 12.9. The molecule has 0 saturated heterocycles. The molecule has 2 atom stereocenters. The number of aliphatic hydroxyl groups is 1. The van der Waals surface area contributed by atoms with E-state index in [-0.39, 0.29) is 11.9 Å². The smallest absolute Gasteiger partial charge is 0.422 e. The molecule has 11 heteroatoms. The zero-order chi connectivity index (χ0) is 27.3. The molecule has 2 saturated carbocycles. The van der Waals surface area contributed by atoms with E-state index in [0.717, 1.165) is 49.9 Å². The first-order valence-electron chi connectivity index (χ1n) is 13.3. The average molecular weight is 588 g/mol. The van der Waals surface area contributed by atoms with Crippen LogP contribution in [0.2, 0.25) is 0 Å². The third kappa shape index (κ3) is 11.0. The Hall–Kier alpha value is -0.330. The zero-order valence-electron chi connectivity index (χ0n) is 21.7. The minimum absolute atomic E-state index is 0.366. The Morgan fingerprint density at radius 3 is 2.11 bits per heavy atom. The molecule has 0 amide bonds. The molecule has 2 fully saturated rings. The number of hydrogen-bond donors (Lipinski definition) is 3. The van der Waals surface area contributed by atoms with E-state index < -0.39 is 10.3 Å². The Balaban J connectivity index is 0.00000235. The first-order chi connectivity index (χ1) is 17.8. The Labute approximate surface area is 231 Å². The molecule has 4 nitrogen and oxygen atoms in total. The van der Waals surface area contributed by atoms with Crippen LogP contribution in [0.25, 0.3) is 0 Å². The minimum Gasteiger partial charge on any atom is -0.422 e. The molecule has 1 aromatic carbocycles. The summed E-state index contributed by atoms with van der Waals surface area (Å²) >= 11 is 1.07. The summed E-state index contributed by atoms with van der Waals surface area (Å²) in [6, 6.07) is 4.74. The summed E-state index contributed by atoms with van der Waals surface area (Å²) in [4.78, 5) is 0. The summed E-state index contributed by atoms with van der Waals surface area (Å²) in [5, 5.41) is 15.8. The van der Waals surface area contributed by atoms with Gasteiger partial charge in [-0.05, 0) is 84.9 Å². The number of nitrogens with one attached hydrogen (secondary N) is 1. The largest absolute Gasteiger partial charge is 0.456 e. The zero-order valence-corrected chi connectivity index (χ0v) is 24.1. The topological polar surface area (TPSA) is 61.7 Å². The van der Waals surface area contributed by atoms with E-state index in [1.54, 1.807) is 0 Å². The highest BCUT2D eigenvalue weighted by Crippen LogP contribution is 2.47. The summed E-state index contributed by atoms with van der Waals surface area (Å²) in [6.45, 7) is 4.42. The molecule has 0 heterocycles. The van der Waals surface area contributed by atoms with Crippen LogP contribution in [-0.2, 0) is 0 Å². The lowest BCUT2D eigenvalue weighted by molar-refractivity contribution is -0.0441. The van der Waals surface area contributed by atoms with E-state index in [1.807, 2.05) is 0 Å². The van der Waals surface area contributed by atoms with Gasteiger partial charge in [-0.2, -0.15) is 17.3 Å². The SMILES string of the molecule is CCCC(CC)c1cc(C2CCCCC2)cc(C2CCCCC2)c1OSC(O)SNSC(F)(F)F.OF. The molecule has 0 aliphatic heterocycles. The van der Waals surface area contributed by atoms with Gasteiger partial charge in [0.2, 0.25) is 0 Å². The van der Waals surface area contributed by atoms with Crippen LogP contribution in [0.3, 0.4) is 0 Å². The van der Waals surface area contributed by atoms with Gasteiger partial charge in [-0.25, -0.2) is 5.31 Å². The van der Waals surface area contributed by atoms with Gasteiger partial charge in [-0.15, -0.1) is 0 Å². The van der Waals surface area contributed by atoms with Gasteiger partial charge in [0, 0.05) is 11.9 Å². The van der Waals surface area contributed by atoms with Crippen LogP contribution in [0.15, 0.2) is 12.1 Å². The van der Waals surface area contributed by atoms with Crippen molar-refractivity contribution in [2.75, 3.05) is 0 Å². The van der Waals surface area contributed by atoms with Crippen LogP contribution >= 0.6 is 35.9 Å². The van der Waals surface area contributed by atoms with Crippen molar-refractivity contribution in [3.63, 3.8) is 0 Å². The molecule has 2 aliphatic rings. The van der Waals surface area contributed by atoms with Crippen molar-refractivity contribution in [2.24, 2.45) is 0 Å². The van der Waals surface area contributed by atoms with Crippen molar-refractivity contribution in [1.82, 2.24) is 4.13 Å². The Morgan fingerprint density at radius 1 is 0.973 bits per heavy atom. The number of alkyl halides is 3. The van der Waals surface area contributed by atoms with Crippen molar-refractivity contribution >= 4 is 35.9 Å². The molecule has 2 aliphatic carbocycles. The summed E-state index contributed by atoms with van der Waals surface area (Å²) in [5.74, 6) is 2.25. The fraction of sp³-hybridized carbons (Fsp3) is 0.769. The molecule has 214 valence electrons. The number of hydrogen-bond acceptors (Lipinski definition) is 7. The maximum Gasteiger partial charge on any atom is 0.456 e. The molecule has 0 radical (unpaired) electrons. The highest BCUT2D eigenvalue weighted by atomic mass is 32.2. The summed E-state index contributed by atoms with van der Waals surface area (Å²) in [6.07, 6.45) is 15.5. The second kappa shape index (κ2) is 17.4.